The van der Waals surface area contributed by atoms with Gasteiger partial charge in [0, 0.05) is 25.2 Å². The van der Waals surface area contributed by atoms with E-state index in [2.05, 4.69) is 10.3 Å². The normalized spacial score (nSPS) is 11.2. The summed E-state index contributed by atoms with van der Waals surface area (Å²) < 4.78 is 24.4. The second kappa shape index (κ2) is 6.84. The second-order valence-corrected chi connectivity index (χ2v) is 7.54. The van der Waals surface area contributed by atoms with Crippen molar-refractivity contribution in [3.8, 4) is 11.1 Å². The van der Waals surface area contributed by atoms with Crippen LogP contribution in [0.1, 0.15) is 5.56 Å². The number of aromatic nitrogens is 1. The predicted molar refractivity (Wildman–Crippen MR) is 96.6 cm³/mol. The number of hydrogen-bond donors (Lipinski definition) is 1. The molecule has 1 N–H and O–H groups in total. The Balaban J connectivity index is 1.94. The first-order valence-electron chi connectivity index (χ1n) is 7.56. The van der Waals surface area contributed by atoms with Crippen molar-refractivity contribution in [1.82, 2.24) is 4.98 Å². The lowest BCUT2D eigenvalue weighted by atomic mass is 10.1. The average Bonchev–Trinajstić information content (AvgIpc) is 2.61. The molecular formula is C19H18N2O2S. The molecule has 0 amide bonds. The van der Waals surface area contributed by atoms with Crippen LogP contribution in [-0.2, 0) is 16.4 Å². The number of sulfone groups is 1. The van der Waals surface area contributed by atoms with Crippen molar-refractivity contribution in [2.24, 2.45) is 0 Å². The van der Waals surface area contributed by atoms with Gasteiger partial charge in [-0.25, -0.2) is 8.42 Å². The summed E-state index contributed by atoms with van der Waals surface area (Å²) in [5.41, 5.74) is 3.49. The molecule has 122 valence electrons. The molecule has 0 saturated carbocycles. The maximum absolute atomic E-state index is 12.2. The Morgan fingerprint density at radius 2 is 1.62 bits per heavy atom. The van der Waals surface area contributed by atoms with Crippen molar-refractivity contribution in [2.45, 2.75) is 11.4 Å². The summed E-state index contributed by atoms with van der Waals surface area (Å²) in [6, 6.07) is 19.0. The van der Waals surface area contributed by atoms with Crippen LogP contribution < -0.4 is 5.32 Å². The molecule has 1 heterocycles. The molecule has 3 aromatic rings. The highest BCUT2D eigenvalue weighted by atomic mass is 32.2. The Hall–Kier alpha value is -2.66. The first-order chi connectivity index (χ1) is 11.5. The molecule has 5 heteroatoms. The summed E-state index contributed by atoms with van der Waals surface area (Å²) in [6.07, 6.45) is 4.61. The number of nitrogens with zero attached hydrogens (tertiary/aromatic N) is 1. The van der Waals surface area contributed by atoms with Crippen LogP contribution in [0.3, 0.4) is 0 Å². The molecule has 3 rings (SSSR count). The maximum atomic E-state index is 12.2. The molecule has 0 radical (unpaired) electrons. The zero-order valence-electron chi connectivity index (χ0n) is 13.3. The maximum Gasteiger partial charge on any atom is 0.177 e. The van der Waals surface area contributed by atoms with Crippen molar-refractivity contribution < 1.29 is 8.42 Å². The number of anilines is 1. The number of pyridine rings is 1. The van der Waals surface area contributed by atoms with Gasteiger partial charge in [0.15, 0.2) is 9.84 Å². The summed E-state index contributed by atoms with van der Waals surface area (Å²) >= 11 is 0. The van der Waals surface area contributed by atoms with Gasteiger partial charge in [0.1, 0.15) is 0 Å². The van der Waals surface area contributed by atoms with E-state index in [0.717, 1.165) is 16.7 Å². The van der Waals surface area contributed by atoms with E-state index in [9.17, 15) is 8.42 Å². The van der Waals surface area contributed by atoms with Gasteiger partial charge in [-0.1, -0.05) is 36.4 Å². The highest BCUT2D eigenvalue weighted by Gasteiger charge is 2.14. The van der Waals surface area contributed by atoms with Crippen LogP contribution in [0.4, 0.5) is 5.69 Å². The predicted octanol–water partition coefficient (Wildman–Crippen LogP) is 3.76. The minimum absolute atomic E-state index is 0.299. The van der Waals surface area contributed by atoms with Crippen LogP contribution in [0.2, 0.25) is 0 Å². The molecule has 0 bridgehead atoms. The molecule has 2 aromatic carbocycles. The fourth-order valence-corrected chi connectivity index (χ4v) is 3.37. The van der Waals surface area contributed by atoms with Crippen molar-refractivity contribution in [3.63, 3.8) is 0 Å². The van der Waals surface area contributed by atoms with Gasteiger partial charge in [-0.05, 0) is 41.0 Å². The number of rotatable bonds is 5. The van der Waals surface area contributed by atoms with E-state index in [0.29, 0.717) is 17.1 Å². The Morgan fingerprint density at radius 3 is 2.29 bits per heavy atom. The quantitative estimate of drug-likeness (QED) is 0.769. The van der Waals surface area contributed by atoms with Gasteiger partial charge >= 0.3 is 0 Å². The minimum atomic E-state index is -3.35. The molecule has 4 nitrogen and oxygen atoms in total. The van der Waals surface area contributed by atoms with Crippen LogP contribution >= 0.6 is 0 Å². The summed E-state index contributed by atoms with van der Waals surface area (Å²) in [5, 5.41) is 3.22. The summed E-state index contributed by atoms with van der Waals surface area (Å²) in [5.74, 6) is 0. The van der Waals surface area contributed by atoms with E-state index in [1.165, 1.54) is 6.26 Å². The smallest absolute Gasteiger partial charge is 0.177 e. The number of nitrogens with one attached hydrogen (secondary N) is 1. The van der Waals surface area contributed by atoms with Crippen molar-refractivity contribution >= 4 is 15.5 Å². The van der Waals surface area contributed by atoms with Crippen LogP contribution in [0.25, 0.3) is 11.1 Å². The van der Waals surface area contributed by atoms with Gasteiger partial charge in [-0.2, -0.15) is 0 Å². The Morgan fingerprint density at radius 1 is 0.917 bits per heavy atom. The molecule has 0 fully saturated rings. The van der Waals surface area contributed by atoms with Gasteiger partial charge in [0.25, 0.3) is 0 Å². The number of hydrogen-bond acceptors (Lipinski definition) is 4. The van der Waals surface area contributed by atoms with E-state index in [4.69, 9.17) is 0 Å². The lowest BCUT2D eigenvalue weighted by molar-refractivity contribution is 0.602. The van der Waals surface area contributed by atoms with Gasteiger partial charge in [-0.3, -0.25) is 4.98 Å². The Kier molecular flexibility index (Phi) is 4.62. The SMILES string of the molecule is CS(=O)(=O)c1cc(-c2ccncc2)ccc1NCc1ccccc1. The van der Waals surface area contributed by atoms with Gasteiger partial charge in [0.05, 0.1) is 10.6 Å². The van der Waals surface area contributed by atoms with E-state index in [-0.39, 0.29) is 0 Å². The summed E-state index contributed by atoms with van der Waals surface area (Å²) in [6.45, 7) is 0.567. The van der Waals surface area contributed by atoms with E-state index < -0.39 is 9.84 Å². The monoisotopic (exact) mass is 338 g/mol. The molecule has 0 aliphatic carbocycles. The Labute approximate surface area is 142 Å². The molecule has 0 atom stereocenters. The fraction of sp³-hybridized carbons (Fsp3) is 0.105. The van der Waals surface area contributed by atoms with E-state index in [1.807, 2.05) is 54.6 Å². The summed E-state index contributed by atoms with van der Waals surface area (Å²) in [7, 11) is -3.35. The zero-order chi connectivity index (χ0) is 17.0. The lowest BCUT2D eigenvalue weighted by Crippen LogP contribution is -2.06. The topological polar surface area (TPSA) is 59.1 Å². The first kappa shape index (κ1) is 16.2. The largest absolute Gasteiger partial charge is 0.380 e. The Bertz CT molecular complexity index is 924. The van der Waals surface area contributed by atoms with Crippen LogP contribution in [0.15, 0.2) is 78.0 Å². The van der Waals surface area contributed by atoms with Gasteiger partial charge < -0.3 is 5.32 Å². The molecule has 1 aromatic heterocycles. The third kappa shape index (κ3) is 3.81. The van der Waals surface area contributed by atoms with Crippen LogP contribution in [0.5, 0.6) is 0 Å². The zero-order valence-corrected chi connectivity index (χ0v) is 14.1. The molecule has 24 heavy (non-hydrogen) atoms. The lowest BCUT2D eigenvalue weighted by Gasteiger charge is -2.13. The molecule has 0 unspecified atom stereocenters. The third-order valence-corrected chi connectivity index (χ3v) is 4.86. The first-order valence-corrected chi connectivity index (χ1v) is 9.45. The highest BCUT2D eigenvalue weighted by Crippen LogP contribution is 2.28. The average molecular weight is 338 g/mol. The number of benzene rings is 2. The van der Waals surface area contributed by atoms with Gasteiger partial charge in [-0.15, -0.1) is 0 Å². The van der Waals surface area contributed by atoms with Gasteiger partial charge in [0.2, 0.25) is 0 Å². The third-order valence-electron chi connectivity index (χ3n) is 3.72. The van der Waals surface area contributed by atoms with Crippen molar-refractivity contribution in [2.75, 3.05) is 11.6 Å². The minimum Gasteiger partial charge on any atom is -0.380 e. The molecule has 0 spiro atoms. The van der Waals surface area contributed by atoms with Crippen LogP contribution in [-0.4, -0.2) is 19.7 Å². The summed E-state index contributed by atoms with van der Waals surface area (Å²) in [4.78, 5) is 4.29. The molecular weight excluding hydrogens is 320 g/mol. The van der Waals surface area contributed by atoms with E-state index >= 15 is 0 Å². The standard InChI is InChI=1S/C19H18N2O2S/c1-24(22,23)19-13-17(16-9-11-20-12-10-16)7-8-18(19)21-14-15-5-3-2-4-6-15/h2-13,21H,14H2,1H3. The highest BCUT2D eigenvalue weighted by molar-refractivity contribution is 7.90. The fourth-order valence-electron chi connectivity index (χ4n) is 2.49. The molecule has 0 aliphatic heterocycles. The van der Waals surface area contributed by atoms with Crippen molar-refractivity contribution in [1.29, 1.82) is 0 Å². The second-order valence-electron chi connectivity index (χ2n) is 5.56. The van der Waals surface area contributed by atoms with Crippen molar-refractivity contribution in [3.05, 3.63) is 78.6 Å². The van der Waals surface area contributed by atoms with Crippen LogP contribution in [0, 0.1) is 0 Å². The molecule has 0 saturated heterocycles. The molecule has 0 aliphatic rings. The van der Waals surface area contributed by atoms with E-state index in [1.54, 1.807) is 18.5 Å².